The second kappa shape index (κ2) is 9.79. The van der Waals surface area contributed by atoms with Crippen LogP contribution in [0.25, 0.3) is 0 Å². The second-order valence-electron chi connectivity index (χ2n) is 5.78. The number of benzene rings is 1. The van der Waals surface area contributed by atoms with Crippen LogP contribution in [0.1, 0.15) is 43.7 Å². The van der Waals surface area contributed by atoms with E-state index in [-0.39, 0.29) is 5.82 Å². The van der Waals surface area contributed by atoms with Crippen molar-refractivity contribution in [2.75, 3.05) is 12.0 Å². The Morgan fingerprint density at radius 2 is 1.85 bits per heavy atom. The van der Waals surface area contributed by atoms with Crippen LogP contribution in [0, 0.1) is 0 Å². The number of hydrazone groups is 1. The first kappa shape index (κ1) is 19.8. The first-order valence-electron chi connectivity index (χ1n) is 8.54. The maximum absolute atomic E-state index is 12.5. The van der Waals surface area contributed by atoms with Gasteiger partial charge in [-0.2, -0.15) is 18.3 Å². The highest BCUT2D eigenvalue weighted by molar-refractivity contribution is 5.80. The van der Waals surface area contributed by atoms with E-state index in [1.807, 2.05) is 24.3 Å². The number of hydrogen-bond donors (Lipinski definition) is 1. The molecule has 0 aliphatic rings. The Balaban J connectivity index is 1.79. The molecule has 4 nitrogen and oxygen atoms in total. The van der Waals surface area contributed by atoms with Crippen molar-refractivity contribution in [3.8, 4) is 5.75 Å². The van der Waals surface area contributed by atoms with E-state index in [2.05, 4.69) is 22.4 Å². The zero-order chi connectivity index (χ0) is 18.8. The summed E-state index contributed by atoms with van der Waals surface area (Å²) in [4.78, 5) is 3.68. The lowest BCUT2D eigenvalue weighted by molar-refractivity contribution is -0.137. The number of nitrogens with zero attached hydrogens (tertiary/aromatic N) is 2. The quantitative estimate of drug-likeness (QED) is 0.362. The molecule has 0 bridgehead atoms. The van der Waals surface area contributed by atoms with Gasteiger partial charge in [0.25, 0.3) is 0 Å². The van der Waals surface area contributed by atoms with Crippen LogP contribution in [0.3, 0.4) is 0 Å². The van der Waals surface area contributed by atoms with Gasteiger partial charge in [-0.1, -0.05) is 26.2 Å². The number of ether oxygens (including phenoxy) is 1. The van der Waals surface area contributed by atoms with Crippen LogP contribution in [-0.4, -0.2) is 17.8 Å². The molecular weight excluding hydrogens is 343 g/mol. The first-order valence-corrected chi connectivity index (χ1v) is 8.54. The average Bonchev–Trinajstić information content (AvgIpc) is 2.62. The molecule has 26 heavy (non-hydrogen) atoms. The van der Waals surface area contributed by atoms with Crippen LogP contribution in [0.4, 0.5) is 19.0 Å². The van der Waals surface area contributed by atoms with Crippen molar-refractivity contribution < 1.29 is 17.9 Å². The fourth-order valence-electron chi connectivity index (χ4n) is 2.17. The van der Waals surface area contributed by atoms with Crippen molar-refractivity contribution in [2.24, 2.45) is 5.10 Å². The molecule has 1 aromatic heterocycles. The van der Waals surface area contributed by atoms with E-state index in [1.54, 1.807) is 6.21 Å². The van der Waals surface area contributed by atoms with Crippen LogP contribution in [0.2, 0.25) is 0 Å². The highest BCUT2D eigenvalue weighted by atomic mass is 19.4. The van der Waals surface area contributed by atoms with Gasteiger partial charge in [0.2, 0.25) is 0 Å². The molecule has 1 aromatic carbocycles. The summed E-state index contributed by atoms with van der Waals surface area (Å²) in [6.07, 6.45) is 2.57. The maximum atomic E-state index is 12.5. The highest BCUT2D eigenvalue weighted by Crippen LogP contribution is 2.28. The molecule has 0 atom stereocenters. The Morgan fingerprint density at radius 1 is 1.08 bits per heavy atom. The summed E-state index contributed by atoms with van der Waals surface area (Å²) < 4.78 is 43.0. The zero-order valence-electron chi connectivity index (χ0n) is 14.6. The third-order valence-corrected chi connectivity index (χ3v) is 3.63. The van der Waals surface area contributed by atoms with Gasteiger partial charge in [-0.15, -0.1) is 0 Å². The molecule has 0 radical (unpaired) electrons. The van der Waals surface area contributed by atoms with E-state index in [1.165, 1.54) is 25.3 Å². The summed E-state index contributed by atoms with van der Waals surface area (Å²) in [5.74, 6) is 1.04. The van der Waals surface area contributed by atoms with Gasteiger partial charge in [-0.25, -0.2) is 4.98 Å². The number of hydrogen-bond acceptors (Lipinski definition) is 4. The van der Waals surface area contributed by atoms with Crippen molar-refractivity contribution in [3.63, 3.8) is 0 Å². The van der Waals surface area contributed by atoms with Crippen LogP contribution in [-0.2, 0) is 6.18 Å². The molecule has 0 amide bonds. The summed E-state index contributed by atoms with van der Waals surface area (Å²) in [5.41, 5.74) is 2.64. The largest absolute Gasteiger partial charge is 0.494 e. The SMILES string of the molecule is CCCCCCOc1ccc(/C=N\Nc2ccc(C(F)(F)F)cn2)cc1. The highest BCUT2D eigenvalue weighted by Gasteiger charge is 2.30. The fraction of sp³-hybridized carbons (Fsp3) is 0.368. The second-order valence-corrected chi connectivity index (χ2v) is 5.78. The standard InChI is InChI=1S/C19H22F3N3O/c1-2-3-4-5-12-26-17-9-6-15(7-10-17)13-24-25-18-11-8-16(14-23-18)19(20,21)22/h6-11,13-14H,2-5,12H2,1H3,(H,23,25)/b24-13-. The summed E-state index contributed by atoms with van der Waals surface area (Å²) in [6.45, 7) is 2.87. The Labute approximate surface area is 151 Å². The summed E-state index contributed by atoms with van der Waals surface area (Å²) in [6, 6.07) is 9.61. The molecule has 0 aliphatic heterocycles. The lowest BCUT2D eigenvalue weighted by atomic mass is 10.2. The van der Waals surface area contributed by atoms with Gasteiger partial charge in [0.15, 0.2) is 0 Å². The number of rotatable bonds is 9. The molecule has 7 heteroatoms. The molecule has 140 valence electrons. The summed E-state index contributed by atoms with van der Waals surface area (Å²) >= 11 is 0. The number of aromatic nitrogens is 1. The maximum Gasteiger partial charge on any atom is 0.417 e. The predicted molar refractivity (Wildman–Crippen MR) is 96.5 cm³/mol. The molecule has 0 fully saturated rings. The molecule has 1 heterocycles. The van der Waals surface area contributed by atoms with Crippen molar-refractivity contribution in [1.82, 2.24) is 4.98 Å². The summed E-state index contributed by atoms with van der Waals surface area (Å²) in [7, 11) is 0. The van der Waals surface area contributed by atoms with Gasteiger partial charge in [0, 0.05) is 6.20 Å². The van der Waals surface area contributed by atoms with E-state index >= 15 is 0 Å². The van der Waals surface area contributed by atoms with Crippen molar-refractivity contribution in [2.45, 2.75) is 38.8 Å². The number of anilines is 1. The van der Waals surface area contributed by atoms with Crippen molar-refractivity contribution in [3.05, 3.63) is 53.7 Å². The monoisotopic (exact) mass is 365 g/mol. The molecule has 0 aliphatic carbocycles. The third-order valence-electron chi connectivity index (χ3n) is 3.63. The van der Waals surface area contributed by atoms with Crippen molar-refractivity contribution >= 4 is 12.0 Å². The number of pyridine rings is 1. The fourth-order valence-corrected chi connectivity index (χ4v) is 2.17. The molecule has 0 saturated carbocycles. The molecule has 0 unspecified atom stereocenters. The van der Waals surface area contributed by atoms with Crippen LogP contribution < -0.4 is 10.2 Å². The van der Waals surface area contributed by atoms with Gasteiger partial charge >= 0.3 is 6.18 Å². The van der Waals surface area contributed by atoms with Crippen LogP contribution >= 0.6 is 0 Å². The Bertz CT molecular complexity index is 683. The molecule has 0 spiro atoms. The van der Waals surface area contributed by atoms with E-state index in [0.717, 1.165) is 30.0 Å². The van der Waals surface area contributed by atoms with E-state index in [4.69, 9.17) is 4.74 Å². The van der Waals surface area contributed by atoms with Gasteiger partial charge in [-0.3, -0.25) is 5.43 Å². The number of halogens is 3. The molecule has 2 aromatic rings. The number of alkyl halides is 3. The van der Waals surface area contributed by atoms with Crippen LogP contribution in [0.5, 0.6) is 5.75 Å². The number of unbranched alkanes of at least 4 members (excludes halogenated alkanes) is 3. The Kier molecular flexibility index (Phi) is 7.44. The molecule has 2 rings (SSSR count). The topological polar surface area (TPSA) is 46.5 Å². The first-order chi connectivity index (χ1) is 12.5. The average molecular weight is 365 g/mol. The van der Waals surface area contributed by atoms with Gasteiger partial charge in [-0.05, 0) is 48.4 Å². The minimum atomic E-state index is -4.39. The smallest absolute Gasteiger partial charge is 0.417 e. The zero-order valence-corrected chi connectivity index (χ0v) is 14.6. The normalized spacial score (nSPS) is 11.7. The van der Waals surface area contributed by atoms with Gasteiger partial charge in [0.1, 0.15) is 11.6 Å². The van der Waals surface area contributed by atoms with Crippen LogP contribution in [0.15, 0.2) is 47.7 Å². The van der Waals surface area contributed by atoms with Gasteiger partial charge in [0.05, 0.1) is 18.4 Å². The Morgan fingerprint density at radius 3 is 2.46 bits per heavy atom. The Hall–Kier alpha value is -2.57. The lowest BCUT2D eigenvalue weighted by Crippen LogP contribution is -2.05. The van der Waals surface area contributed by atoms with Gasteiger partial charge < -0.3 is 4.74 Å². The minimum Gasteiger partial charge on any atom is -0.494 e. The summed E-state index contributed by atoms with van der Waals surface area (Å²) in [5, 5.41) is 3.97. The molecule has 1 N–H and O–H groups in total. The van der Waals surface area contributed by atoms with E-state index in [0.29, 0.717) is 6.61 Å². The van der Waals surface area contributed by atoms with E-state index < -0.39 is 11.7 Å². The lowest BCUT2D eigenvalue weighted by Gasteiger charge is -2.06. The van der Waals surface area contributed by atoms with E-state index in [9.17, 15) is 13.2 Å². The molecular formula is C19H22F3N3O. The number of nitrogens with one attached hydrogen (secondary N) is 1. The third kappa shape index (κ3) is 6.74. The minimum absolute atomic E-state index is 0.237. The molecule has 0 saturated heterocycles. The predicted octanol–water partition coefficient (Wildman–Crippen LogP) is 5.51. The van der Waals surface area contributed by atoms with Crippen molar-refractivity contribution in [1.29, 1.82) is 0 Å².